The molecule has 1 aromatic rings. The van der Waals surface area contributed by atoms with Crippen LogP contribution in [0.5, 0.6) is 0 Å². The molecule has 1 aromatic carbocycles. The van der Waals surface area contributed by atoms with Crippen LogP contribution in [0.2, 0.25) is 0 Å². The number of nitrogen functional groups attached to an aromatic ring is 1. The number of likely N-dealkylation sites (tertiary alicyclic amines) is 1. The van der Waals surface area contributed by atoms with Crippen LogP contribution in [-0.2, 0) is 0 Å². The highest BCUT2D eigenvalue weighted by Gasteiger charge is 2.30. The van der Waals surface area contributed by atoms with E-state index < -0.39 is 11.4 Å². The summed E-state index contributed by atoms with van der Waals surface area (Å²) in [4.78, 5) is 13.8. The minimum absolute atomic E-state index is 0.238. The van der Waals surface area contributed by atoms with E-state index in [2.05, 4.69) is 0 Å². The van der Waals surface area contributed by atoms with Gasteiger partial charge >= 0.3 is 0 Å². The lowest BCUT2D eigenvalue weighted by Gasteiger charge is -2.35. The summed E-state index contributed by atoms with van der Waals surface area (Å²) in [7, 11) is 0. The summed E-state index contributed by atoms with van der Waals surface area (Å²) in [5.41, 5.74) is 5.31. The predicted molar refractivity (Wildman–Crippen MR) is 66.6 cm³/mol. The first kappa shape index (κ1) is 12.8. The van der Waals surface area contributed by atoms with E-state index >= 15 is 0 Å². The van der Waals surface area contributed by atoms with Crippen molar-refractivity contribution >= 4 is 11.6 Å². The van der Waals surface area contributed by atoms with Crippen LogP contribution in [0.1, 0.15) is 30.1 Å². The first-order valence-corrected chi connectivity index (χ1v) is 5.95. The molecule has 1 saturated heterocycles. The van der Waals surface area contributed by atoms with Gasteiger partial charge in [-0.05, 0) is 38.0 Å². The van der Waals surface area contributed by atoms with Crippen molar-refractivity contribution in [1.82, 2.24) is 4.90 Å². The lowest BCUT2D eigenvalue weighted by molar-refractivity contribution is -0.00203. The monoisotopic (exact) mass is 252 g/mol. The Hall–Kier alpha value is -1.62. The molecule has 0 spiro atoms. The zero-order chi connectivity index (χ0) is 13.3. The molecule has 0 radical (unpaired) electrons. The molecule has 1 heterocycles. The number of carbonyl (C=O) groups is 1. The Balaban J connectivity index is 2.12. The van der Waals surface area contributed by atoms with Gasteiger partial charge in [-0.2, -0.15) is 0 Å². The standard InChI is InChI=1S/C13H17FN2O2/c1-13(18)2-4-16(5-3-13)12(17)9-6-10(14)8-11(15)7-9/h6-8,18H,2-5,15H2,1H3. The van der Waals surface area contributed by atoms with E-state index in [0.29, 0.717) is 25.9 Å². The zero-order valence-corrected chi connectivity index (χ0v) is 10.3. The topological polar surface area (TPSA) is 66.6 Å². The molecule has 0 aliphatic carbocycles. The second-order valence-corrected chi connectivity index (χ2v) is 5.06. The lowest BCUT2D eigenvalue weighted by Crippen LogP contribution is -2.45. The minimum atomic E-state index is -0.711. The van der Waals surface area contributed by atoms with Gasteiger partial charge in [-0.3, -0.25) is 4.79 Å². The highest BCUT2D eigenvalue weighted by molar-refractivity contribution is 5.95. The van der Waals surface area contributed by atoms with Crippen LogP contribution in [0.25, 0.3) is 0 Å². The third kappa shape index (κ3) is 2.79. The smallest absolute Gasteiger partial charge is 0.254 e. The van der Waals surface area contributed by atoms with Crippen molar-refractivity contribution in [2.75, 3.05) is 18.8 Å². The number of rotatable bonds is 1. The number of nitrogens with two attached hydrogens (primary N) is 1. The third-order valence-electron chi connectivity index (χ3n) is 3.29. The van der Waals surface area contributed by atoms with E-state index in [1.807, 2.05) is 0 Å². The summed E-state index contributed by atoms with van der Waals surface area (Å²) in [5, 5.41) is 9.81. The van der Waals surface area contributed by atoms with Gasteiger partial charge in [-0.15, -0.1) is 0 Å². The van der Waals surface area contributed by atoms with E-state index in [0.717, 1.165) is 0 Å². The number of piperidine rings is 1. The van der Waals surface area contributed by atoms with Crippen LogP contribution in [0.3, 0.4) is 0 Å². The van der Waals surface area contributed by atoms with E-state index in [1.165, 1.54) is 18.2 Å². The summed E-state index contributed by atoms with van der Waals surface area (Å²) in [6.07, 6.45) is 1.06. The molecule has 1 aliphatic rings. The summed E-state index contributed by atoms with van der Waals surface area (Å²) in [6, 6.07) is 3.83. The fourth-order valence-electron chi connectivity index (χ4n) is 2.11. The second kappa shape index (κ2) is 4.57. The van der Waals surface area contributed by atoms with Crippen molar-refractivity contribution in [3.05, 3.63) is 29.6 Å². The Labute approximate surface area is 105 Å². The first-order valence-electron chi connectivity index (χ1n) is 5.95. The molecule has 0 atom stereocenters. The zero-order valence-electron chi connectivity index (χ0n) is 10.3. The van der Waals surface area contributed by atoms with Crippen LogP contribution >= 0.6 is 0 Å². The molecule has 5 heteroatoms. The summed E-state index contributed by atoms with van der Waals surface area (Å²) < 4.78 is 13.2. The van der Waals surface area contributed by atoms with Crippen molar-refractivity contribution in [2.45, 2.75) is 25.4 Å². The molecular formula is C13H17FN2O2. The highest BCUT2D eigenvalue weighted by Crippen LogP contribution is 2.23. The Bertz CT molecular complexity index is 444. The molecule has 1 aliphatic heterocycles. The second-order valence-electron chi connectivity index (χ2n) is 5.06. The molecule has 3 N–H and O–H groups in total. The van der Waals surface area contributed by atoms with Gasteiger partial charge in [0.1, 0.15) is 5.82 Å². The van der Waals surface area contributed by atoms with Gasteiger partial charge < -0.3 is 15.7 Å². The van der Waals surface area contributed by atoms with Crippen molar-refractivity contribution < 1.29 is 14.3 Å². The maximum atomic E-state index is 13.2. The quantitative estimate of drug-likeness (QED) is 0.742. The predicted octanol–water partition coefficient (Wildman–Crippen LogP) is 1.39. The van der Waals surface area contributed by atoms with Crippen molar-refractivity contribution in [3.8, 4) is 0 Å². The Morgan fingerprint density at radius 3 is 2.56 bits per heavy atom. The SMILES string of the molecule is CC1(O)CCN(C(=O)c2cc(N)cc(F)c2)CC1. The first-order chi connectivity index (χ1) is 8.37. The van der Waals surface area contributed by atoms with Gasteiger partial charge in [0.2, 0.25) is 0 Å². The Morgan fingerprint density at radius 2 is 2.00 bits per heavy atom. The largest absolute Gasteiger partial charge is 0.399 e. The molecule has 18 heavy (non-hydrogen) atoms. The molecule has 98 valence electrons. The third-order valence-corrected chi connectivity index (χ3v) is 3.29. The maximum absolute atomic E-state index is 13.2. The van der Waals surface area contributed by atoms with Crippen LogP contribution in [0.15, 0.2) is 18.2 Å². The van der Waals surface area contributed by atoms with Crippen molar-refractivity contribution in [2.24, 2.45) is 0 Å². The van der Waals surface area contributed by atoms with Gasteiger partial charge in [0, 0.05) is 24.3 Å². The number of amides is 1. The molecule has 1 amide bonds. The van der Waals surface area contributed by atoms with E-state index in [4.69, 9.17) is 5.73 Å². The van der Waals surface area contributed by atoms with E-state index in [9.17, 15) is 14.3 Å². The van der Waals surface area contributed by atoms with Gasteiger partial charge in [0.15, 0.2) is 0 Å². The summed E-state index contributed by atoms with van der Waals surface area (Å²) in [5.74, 6) is -0.751. The number of halogens is 1. The molecule has 0 bridgehead atoms. The average Bonchev–Trinajstić information content (AvgIpc) is 2.27. The van der Waals surface area contributed by atoms with Gasteiger partial charge in [0.25, 0.3) is 5.91 Å². The molecule has 0 unspecified atom stereocenters. The van der Waals surface area contributed by atoms with Gasteiger partial charge in [-0.25, -0.2) is 4.39 Å². The molecule has 1 fully saturated rings. The Morgan fingerprint density at radius 1 is 1.39 bits per heavy atom. The molecule has 0 aromatic heterocycles. The van der Waals surface area contributed by atoms with Crippen molar-refractivity contribution in [1.29, 1.82) is 0 Å². The summed E-state index contributed by atoms with van der Waals surface area (Å²) >= 11 is 0. The number of benzene rings is 1. The number of carbonyl (C=O) groups excluding carboxylic acids is 1. The number of anilines is 1. The van der Waals surface area contributed by atoms with Crippen LogP contribution in [0.4, 0.5) is 10.1 Å². The highest BCUT2D eigenvalue weighted by atomic mass is 19.1. The van der Waals surface area contributed by atoms with Gasteiger partial charge in [0.05, 0.1) is 5.60 Å². The van der Waals surface area contributed by atoms with Crippen LogP contribution in [0, 0.1) is 5.82 Å². The number of aliphatic hydroxyl groups is 1. The molecule has 0 saturated carbocycles. The normalized spacial score (nSPS) is 18.7. The fraction of sp³-hybridized carbons (Fsp3) is 0.462. The lowest BCUT2D eigenvalue weighted by atomic mass is 9.93. The minimum Gasteiger partial charge on any atom is -0.399 e. The Kier molecular flexibility index (Phi) is 3.26. The average molecular weight is 252 g/mol. The fourth-order valence-corrected chi connectivity index (χ4v) is 2.11. The molecule has 4 nitrogen and oxygen atoms in total. The van der Waals surface area contributed by atoms with Crippen LogP contribution in [-0.4, -0.2) is 34.6 Å². The van der Waals surface area contributed by atoms with E-state index in [1.54, 1.807) is 11.8 Å². The number of hydrogen-bond acceptors (Lipinski definition) is 3. The molecular weight excluding hydrogens is 235 g/mol. The van der Waals surface area contributed by atoms with E-state index in [-0.39, 0.29) is 17.2 Å². The number of nitrogens with zero attached hydrogens (tertiary/aromatic N) is 1. The maximum Gasteiger partial charge on any atom is 0.254 e. The molecule has 2 rings (SSSR count). The van der Waals surface area contributed by atoms with Crippen molar-refractivity contribution in [3.63, 3.8) is 0 Å². The van der Waals surface area contributed by atoms with Crippen LogP contribution < -0.4 is 5.73 Å². The number of hydrogen-bond donors (Lipinski definition) is 2. The van der Waals surface area contributed by atoms with Gasteiger partial charge in [-0.1, -0.05) is 0 Å². The summed E-state index contributed by atoms with van der Waals surface area (Å²) in [6.45, 7) is 2.71.